The van der Waals surface area contributed by atoms with Crippen LogP contribution in [0.1, 0.15) is 18.1 Å². The summed E-state index contributed by atoms with van der Waals surface area (Å²) in [4.78, 5) is 15.0. The van der Waals surface area contributed by atoms with E-state index in [2.05, 4.69) is 0 Å². The van der Waals surface area contributed by atoms with Gasteiger partial charge in [0.1, 0.15) is 5.75 Å². The van der Waals surface area contributed by atoms with Gasteiger partial charge < -0.3 is 4.74 Å². The number of rotatable bonds is 5. The lowest BCUT2D eigenvalue weighted by atomic mass is 10.1. The second-order valence-electron chi connectivity index (χ2n) is 6.85. The maximum Gasteiger partial charge on any atom is 0.262 e. The van der Waals surface area contributed by atoms with Gasteiger partial charge in [-0.2, -0.15) is 0 Å². The van der Waals surface area contributed by atoms with Gasteiger partial charge in [0.15, 0.2) is 0 Å². The van der Waals surface area contributed by atoms with E-state index >= 15 is 0 Å². The molecule has 4 rings (SSSR count). The zero-order valence-corrected chi connectivity index (χ0v) is 18.9. The average Bonchev–Trinajstić information content (AvgIpc) is 3.08. The minimum Gasteiger partial charge on any atom is -0.494 e. The fraction of sp³-hybridized carbons (Fsp3) is 0.0800. The molecule has 3 nitrogen and oxygen atoms in total. The van der Waals surface area contributed by atoms with Gasteiger partial charge in [-0.05, 0) is 66.6 Å². The van der Waals surface area contributed by atoms with Gasteiger partial charge >= 0.3 is 0 Å². The van der Waals surface area contributed by atoms with Crippen molar-refractivity contribution in [3.63, 3.8) is 0 Å². The quantitative estimate of drug-likeness (QED) is 0.361. The number of hydrogen-bond acceptors (Lipinski definition) is 2. The van der Waals surface area contributed by atoms with Crippen molar-refractivity contribution in [1.82, 2.24) is 0 Å². The van der Waals surface area contributed by atoms with E-state index in [4.69, 9.17) is 39.5 Å². The summed E-state index contributed by atoms with van der Waals surface area (Å²) >= 11 is 18.7. The standard InChI is InChI=1S/C25H18Cl3NO2/c1-2-31-20-12-6-16(7-13-20)14-18-15-23(17-8-10-19(26)11-9-17)29(25(18)30)22-5-3-4-21(27)24(22)28/h3-15H,2H2,1H3/b18-14+. The Bertz CT molecular complexity index is 1180. The molecule has 0 bridgehead atoms. The Kier molecular flexibility index (Phi) is 6.38. The molecule has 31 heavy (non-hydrogen) atoms. The van der Waals surface area contributed by atoms with Crippen LogP contribution in [-0.2, 0) is 4.79 Å². The molecule has 1 amide bonds. The van der Waals surface area contributed by atoms with Crippen molar-refractivity contribution in [1.29, 1.82) is 0 Å². The van der Waals surface area contributed by atoms with E-state index in [-0.39, 0.29) is 5.91 Å². The highest BCUT2D eigenvalue weighted by molar-refractivity contribution is 6.44. The van der Waals surface area contributed by atoms with Crippen LogP contribution in [0.3, 0.4) is 0 Å². The molecule has 0 aliphatic carbocycles. The molecule has 0 unspecified atom stereocenters. The van der Waals surface area contributed by atoms with Crippen molar-refractivity contribution in [3.05, 3.63) is 105 Å². The molecule has 3 aromatic carbocycles. The number of carbonyl (C=O) groups excluding carboxylic acids is 1. The molecule has 0 N–H and O–H groups in total. The second kappa shape index (κ2) is 9.19. The topological polar surface area (TPSA) is 29.5 Å². The van der Waals surface area contributed by atoms with Crippen LogP contribution in [0.25, 0.3) is 11.8 Å². The normalized spacial score (nSPS) is 14.8. The molecule has 0 radical (unpaired) electrons. The number of carbonyl (C=O) groups is 1. The van der Waals surface area contributed by atoms with Crippen LogP contribution >= 0.6 is 34.8 Å². The largest absolute Gasteiger partial charge is 0.494 e. The molecule has 1 heterocycles. The maximum atomic E-state index is 13.4. The fourth-order valence-electron chi connectivity index (χ4n) is 3.36. The van der Waals surface area contributed by atoms with Crippen LogP contribution in [-0.4, -0.2) is 12.5 Å². The molecule has 0 fully saturated rings. The Labute approximate surface area is 196 Å². The molecular formula is C25H18Cl3NO2. The number of ether oxygens (including phenoxy) is 1. The number of amides is 1. The second-order valence-corrected chi connectivity index (χ2v) is 8.07. The molecular weight excluding hydrogens is 453 g/mol. The van der Waals surface area contributed by atoms with Crippen molar-refractivity contribution in [2.75, 3.05) is 11.5 Å². The summed E-state index contributed by atoms with van der Waals surface area (Å²) in [5, 5.41) is 1.32. The van der Waals surface area contributed by atoms with Crippen molar-refractivity contribution in [3.8, 4) is 5.75 Å². The van der Waals surface area contributed by atoms with Crippen molar-refractivity contribution < 1.29 is 9.53 Å². The van der Waals surface area contributed by atoms with Crippen molar-refractivity contribution in [2.45, 2.75) is 6.92 Å². The number of halogens is 3. The first kappa shape index (κ1) is 21.5. The van der Waals surface area contributed by atoms with Gasteiger partial charge in [0, 0.05) is 10.6 Å². The molecule has 1 aliphatic heterocycles. The Morgan fingerprint density at radius 3 is 2.32 bits per heavy atom. The van der Waals surface area contributed by atoms with Crippen LogP contribution in [0, 0.1) is 0 Å². The first-order valence-electron chi connectivity index (χ1n) is 9.68. The lowest BCUT2D eigenvalue weighted by Crippen LogP contribution is -2.25. The number of anilines is 1. The van der Waals surface area contributed by atoms with E-state index in [1.807, 2.05) is 55.5 Å². The third-order valence-corrected chi connectivity index (χ3v) is 5.87. The number of nitrogens with zero attached hydrogens (tertiary/aromatic N) is 1. The van der Waals surface area contributed by atoms with E-state index in [9.17, 15) is 4.79 Å². The molecule has 3 aromatic rings. The van der Waals surface area contributed by atoms with Gasteiger partial charge in [-0.1, -0.05) is 65.1 Å². The summed E-state index contributed by atoms with van der Waals surface area (Å²) in [6.07, 6.45) is 3.69. The number of hydrogen-bond donors (Lipinski definition) is 0. The van der Waals surface area contributed by atoms with Crippen LogP contribution < -0.4 is 9.64 Å². The summed E-state index contributed by atoms with van der Waals surface area (Å²) in [5.41, 5.74) is 3.48. The van der Waals surface area contributed by atoms with Gasteiger partial charge in [-0.25, -0.2) is 0 Å². The summed E-state index contributed by atoms with van der Waals surface area (Å²) < 4.78 is 5.49. The van der Waals surface area contributed by atoms with Crippen LogP contribution in [0.5, 0.6) is 5.75 Å². The summed E-state index contributed by atoms with van der Waals surface area (Å²) in [6, 6.07) is 20.1. The minimum absolute atomic E-state index is 0.192. The molecule has 6 heteroatoms. The van der Waals surface area contributed by atoms with E-state index in [1.165, 1.54) is 0 Å². The fourth-order valence-corrected chi connectivity index (χ4v) is 3.87. The van der Waals surface area contributed by atoms with E-state index in [0.717, 1.165) is 16.9 Å². The lowest BCUT2D eigenvalue weighted by molar-refractivity contribution is -0.113. The SMILES string of the molecule is CCOc1ccc(/C=C2\C=C(c3ccc(Cl)cc3)N(c3cccc(Cl)c3Cl)C2=O)cc1. The van der Waals surface area contributed by atoms with Gasteiger partial charge in [0.2, 0.25) is 0 Å². The Hall–Kier alpha value is -2.72. The molecule has 1 aliphatic rings. The highest BCUT2D eigenvalue weighted by Crippen LogP contribution is 2.41. The lowest BCUT2D eigenvalue weighted by Gasteiger charge is -2.22. The monoisotopic (exact) mass is 469 g/mol. The third kappa shape index (κ3) is 4.49. The minimum atomic E-state index is -0.192. The van der Waals surface area contributed by atoms with Crippen molar-refractivity contribution >= 4 is 58.2 Å². The highest BCUT2D eigenvalue weighted by Gasteiger charge is 2.32. The molecule has 0 spiro atoms. The third-order valence-electron chi connectivity index (χ3n) is 4.81. The van der Waals surface area contributed by atoms with Gasteiger partial charge in [0.05, 0.1) is 28.0 Å². The van der Waals surface area contributed by atoms with Crippen LogP contribution in [0.15, 0.2) is 78.4 Å². The Morgan fingerprint density at radius 2 is 1.65 bits per heavy atom. The van der Waals surface area contributed by atoms with Gasteiger partial charge in [-0.15, -0.1) is 0 Å². The number of benzene rings is 3. The highest BCUT2D eigenvalue weighted by atomic mass is 35.5. The molecule has 0 aromatic heterocycles. The van der Waals surface area contributed by atoms with Crippen LogP contribution in [0.4, 0.5) is 5.69 Å². The van der Waals surface area contributed by atoms with Gasteiger partial charge in [-0.3, -0.25) is 9.69 Å². The summed E-state index contributed by atoms with van der Waals surface area (Å²) in [7, 11) is 0. The maximum absolute atomic E-state index is 13.4. The van der Waals surface area contributed by atoms with Crippen molar-refractivity contribution in [2.24, 2.45) is 0 Å². The van der Waals surface area contributed by atoms with E-state index < -0.39 is 0 Å². The van der Waals surface area contributed by atoms with E-state index in [0.29, 0.717) is 38.6 Å². The molecule has 156 valence electrons. The summed E-state index contributed by atoms with van der Waals surface area (Å²) in [5.74, 6) is 0.593. The Balaban J connectivity index is 1.79. The van der Waals surface area contributed by atoms with E-state index in [1.54, 1.807) is 35.2 Å². The zero-order chi connectivity index (χ0) is 22.0. The molecule has 0 atom stereocenters. The first-order chi connectivity index (χ1) is 15.0. The summed E-state index contributed by atoms with van der Waals surface area (Å²) in [6.45, 7) is 2.53. The first-order valence-corrected chi connectivity index (χ1v) is 10.8. The van der Waals surface area contributed by atoms with Crippen LogP contribution in [0.2, 0.25) is 15.1 Å². The predicted molar refractivity (Wildman–Crippen MR) is 129 cm³/mol. The molecule has 0 saturated carbocycles. The Morgan fingerprint density at radius 1 is 0.935 bits per heavy atom. The molecule has 0 saturated heterocycles. The average molecular weight is 471 g/mol. The zero-order valence-electron chi connectivity index (χ0n) is 16.6. The predicted octanol–water partition coefficient (Wildman–Crippen LogP) is 7.52. The van der Waals surface area contributed by atoms with Gasteiger partial charge in [0.25, 0.3) is 5.91 Å². The smallest absolute Gasteiger partial charge is 0.262 e.